The van der Waals surface area contributed by atoms with Crippen LogP contribution in [0.15, 0.2) is 33.7 Å². The molecule has 54 heavy (non-hydrogen) atoms. The van der Waals surface area contributed by atoms with Gasteiger partial charge in [-0.3, -0.25) is 23.9 Å². The number of nitrogens with one attached hydrogen (secondary N) is 3. The van der Waals surface area contributed by atoms with E-state index in [1.54, 1.807) is 6.07 Å². The Kier molecular flexibility index (Phi) is 13.0. The number of amides is 2. The van der Waals surface area contributed by atoms with E-state index >= 15 is 0 Å². The molecule has 4 heterocycles. The average molecular weight is 800 g/mol. The highest BCUT2D eigenvalue weighted by Crippen LogP contribution is 2.36. The number of carbonyl (C=O) groups excluding carboxylic acids is 2. The maximum Gasteiger partial charge on any atom is 0.418 e. The SMILES string of the molecule is CC(O/N=C(\C(=O)N[C@@H]1C(=O)N(OS(=O)(=O)O)C1(C)C)c1csc(N)n1)(C(=O)O)[C@H]1CCc2cc(C3CN=C(NC[C@@H](O)CN)NC3)ccc2O1.O=CO. The van der Waals surface area contributed by atoms with E-state index in [4.69, 9.17) is 35.5 Å². The van der Waals surface area contributed by atoms with Gasteiger partial charge in [0.05, 0.1) is 18.2 Å². The summed E-state index contributed by atoms with van der Waals surface area (Å²) in [7, 11) is -5.03. The van der Waals surface area contributed by atoms with Crippen LogP contribution in [0.4, 0.5) is 5.13 Å². The summed E-state index contributed by atoms with van der Waals surface area (Å²) in [6.45, 7) is 5.25. The van der Waals surface area contributed by atoms with Crippen molar-refractivity contribution in [2.75, 3.05) is 31.9 Å². The van der Waals surface area contributed by atoms with Crippen LogP contribution in [0.1, 0.15) is 49.9 Å². The minimum absolute atomic E-state index is 0.0566. The molecule has 2 amide bonds. The van der Waals surface area contributed by atoms with Crippen LogP contribution in [0.25, 0.3) is 0 Å². The number of guanidine groups is 1. The Labute approximate surface area is 312 Å². The molecule has 3 aliphatic heterocycles. The number of nitrogens with two attached hydrogens (primary N) is 2. The first-order chi connectivity index (χ1) is 25.3. The lowest BCUT2D eigenvalue weighted by Crippen LogP contribution is -2.76. The molecule has 1 aromatic carbocycles. The summed E-state index contributed by atoms with van der Waals surface area (Å²) in [5, 5.41) is 41.2. The van der Waals surface area contributed by atoms with Crippen molar-refractivity contribution >= 4 is 62.8 Å². The number of hydroxylamine groups is 2. The number of thiazole rings is 1. The molecule has 3 aliphatic rings. The minimum Gasteiger partial charge on any atom is -0.485 e. The van der Waals surface area contributed by atoms with Gasteiger partial charge in [-0.25, -0.2) is 9.78 Å². The van der Waals surface area contributed by atoms with Gasteiger partial charge >= 0.3 is 16.4 Å². The third-order valence-corrected chi connectivity index (χ3v) is 9.74. The molecule has 5 atom stereocenters. The summed E-state index contributed by atoms with van der Waals surface area (Å²) in [4.78, 5) is 61.3. The Morgan fingerprint density at radius 1 is 1.35 bits per heavy atom. The fraction of sp³-hybridized carbons (Fsp3) is 0.500. The standard InChI is InChI=1S/C29H39N9O11S2.CH2O2/c1-28(2)22(24(41)38(28)49-51(44,45)46)36-23(40)21(18-13-50-26(31)35-18)37-48-29(3,25(42)43)20-7-5-15-8-14(4-6-19(15)47-20)16-10-32-27(33-11-16)34-12-17(39)9-30;2-1-3/h4,6,8,13,16-17,20,22,39H,5,7,9-12,30H2,1-3H3,(H2,31,35)(H,36,40)(H,42,43)(H2,32,33,34)(H,44,45,46);1H,(H,2,3)/b37-21-;/t17-,20+,22+,29?;/m0./s1. The first-order valence-electron chi connectivity index (χ1n) is 16.1. The number of ether oxygens (including phenoxy) is 1. The molecule has 0 saturated carbocycles. The molecule has 0 spiro atoms. The molecular formula is C30H41N9O13S2. The lowest BCUT2D eigenvalue weighted by Gasteiger charge is -2.50. The number of hydrogen-bond donors (Lipinski definition) is 9. The average Bonchev–Trinajstić information content (AvgIpc) is 3.56. The second-order valence-electron chi connectivity index (χ2n) is 12.9. The van der Waals surface area contributed by atoms with Crippen molar-refractivity contribution in [2.45, 2.75) is 68.9 Å². The zero-order valence-corrected chi connectivity index (χ0v) is 30.8. The highest BCUT2D eigenvalue weighted by molar-refractivity contribution is 7.80. The number of β-lactam (4-membered cyclic amide) rings is 1. The number of nitrogens with zero attached hydrogens (tertiary/aromatic N) is 4. The van der Waals surface area contributed by atoms with Crippen LogP contribution in [-0.2, 0) is 45.1 Å². The number of carbonyl (C=O) groups is 4. The maximum atomic E-state index is 13.5. The van der Waals surface area contributed by atoms with Gasteiger partial charge < -0.3 is 52.3 Å². The van der Waals surface area contributed by atoms with Gasteiger partial charge in [-0.05, 0) is 50.8 Å². The number of aryl methyl sites for hydroxylation is 1. The van der Waals surface area contributed by atoms with Crippen molar-refractivity contribution in [3.05, 3.63) is 40.4 Å². The number of aliphatic carboxylic acids is 1. The minimum atomic E-state index is -5.03. The fourth-order valence-corrected chi connectivity index (χ4v) is 6.63. The van der Waals surface area contributed by atoms with Crippen LogP contribution < -0.4 is 32.2 Å². The molecule has 24 heteroatoms. The van der Waals surface area contributed by atoms with Crippen molar-refractivity contribution in [1.82, 2.24) is 26.0 Å². The third kappa shape index (κ3) is 9.50. The molecule has 0 bridgehead atoms. The number of benzene rings is 1. The van der Waals surface area contributed by atoms with E-state index in [2.05, 4.69) is 35.4 Å². The quantitative estimate of drug-likeness (QED) is 0.0354. The Hall–Kier alpha value is -5.14. The predicted molar refractivity (Wildman–Crippen MR) is 190 cm³/mol. The van der Waals surface area contributed by atoms with Crippen LogP contribution in [0.3, 0.4) is 0 Å². The molecule has 296 valence electrons. The van der Waals surface area contributed by atoms with E-state index in [1.807, 2.05) is 12.1 Å². The Balaban J connectivity index is 0.00000209. The molecule has 2 aromatic rings. The Morgan fingerprint density at radius 2 is 2.06 bits per heavy atom. The summed E-state index contributed by atoms with van der Waals surface area (Å²) in [6, 6.07) is 4.27. The zero-order chi connectivity index (χ0) is 40.0. The summed E-state index contributed by atoms with van der Waals surface area (Å²) in [5.41, 5.74) is 8.91. The monoisotopic (exact) mass is 799 g/mol. The Morgan fingerprint density at radius 3 is 2.61 bits per heavy atom. The molecule has 2 unspecified atom stereocenters. The van der Waals surface area contributed by atoms with Crippen molar-refractivity contribution in [3.63, 3.8) is 0 Å². The topological polar surface area (TPSA) is 340 Å². The molecule has 0 radical (unpaired) electrons. The third-order valence-electron chi connectivity index (χ3n) is 8.73. The van der Waals surface area contributed by atoms with Crippen LogP contribution in [-0.4, -0.2) is 130 Å². The smallest absolute Gasteiger partial charge is 0.418 e. The summed E-state index contributed by atoms with van der Waals surface area (Å²) in [5.74, 6) is -2.36. The van der Waals surface area contributed by atoms with E-state index in [9.17, 15) is 33.0 Å². The largest absolute Gasteiger partial charge is 0.485 e. The number of aromatic nitrogens is 1. The number of carboxylic acid groups (broad SMARTS) is 2. The van der Waals surface area contributed by atoms with Crippen LogP contribution in [0, 0.1) is 0 Å². The van der Waals surface area contributed by atoms with Gasteiger partial charge in [0.2, 0.25) is 0 Å². The highest BCUT2D eigenvalue weighted by atomic mass is 32.3. The molecule has 0 aliphatic carbocycles. The number of fused-ring (bicyclic) bond motifs is 1. The number of hydrogen-bond acceptors (Lipinski definition) is 18. The molecule has 1 saturated heterocycles. The van der Waals surface area contributed by atoms with Crippen LogP contribution in [0.2, 0.25) is 0 Å². The molecular weight excluding hydrogens is 759 g/mol. The van der Waals surface area contributed by atoms with Crippen molar-refractivity contribution in [2.24, 2.45) is 15.9 Å². The number of rotatable bonds is 13. The normalized spacial score (nSPS) is 22.2. The van der Waals surface area contributed by atoms with Gasteiger partial charge in [0.1, 0.15) is 17.5 Å². The summed E-state index contributed by atoms with van der Waals surface area (Å²) < 4.78 is 41.8. The number of anilines is 1. The van der Waals surface area contributed by atoms with Crippen LogP contribution in [0.5, 0.6) is 5.75 Å². The second-order valence-corrected chi connectivity index (χ2v) is 14.8. The predicted octanol–water partition coefficient (Wildman–Crippen LogP) is -1.82. The number of aliphatic hydroxyl groups excluding tert-OH is 1. The van der Waals surface area contributed by atoms with E-state index < -0.39 is 63.3 Å². The van der Waals surface area contributed by atoms with Crippen molar-refractivity contribution < 1.29 is 61.3 Å². The van der Waals surface area contributed by atoms with Crippen molar-refractivity contribution in [1.29, 1.82) is 0 Å². The number of aliphatic hydroxyl groups is 1. The first-order valence-corrected chi connectivity index (χ1v) is 18.4. The Bertz CT molecular complexity index is 1910. The molecule has 5 rings (SSSR count). The van der Waals surface area contributed by atoms with E-state index in [0.717, 1.165) is 22.5 Å². The molecule has 22 nitrogen and oxygen atoms in total. The first kappa shape index (κ1) is 41.6. The highest BCUT2D eigenvalue weighted by Gasteiger charge is 2.58. The fourth-order valence-electron chi connectivity index (χ4n) is 5.63. The molecule has 1 fully saturated rings. The lowest BCUT2D eigenvalue weighted by molar-refractivity contribution is -0.218. The second kappa shape index (κ2) is 16.9. The van der Waals surface area contributed by atoms with E-state index in [1.165, 1.54) is 26.2 Å². The molecule has 1 aromatic heterocycles. The number of aliphatic imine (C=N–C) groups is 1. The summed E-state index contributed by atoms with van der Waals surface area (Å²) in [6.07, 6.45) is -1.08. The van der Waals surface area contributed by atoms with E-state index in [0.29, 0.717) is 36.3 Å². The number of carboxylic acids is 1. The lowest BCUT2D eigenvalue weighted by atomic mass is 9.84. The van der Waals surface area contributed by atoms with Crippen molar-refractivity contribution in [3.8, 4) is 5.75 Å². The zero-order valence-electron chi connectivity index (χ0n) is 29.2. The van der Waals surface area contributed by atoms with Gasteiger partial charge in [0.15, 0.2) is 22.9 Å². The molecule has 11 N–H and O–H groups in total. The van der Waals surface area contributed by atoms with Gasteiger partial charge in [-0.1, -0.05) is 17.3 Å². The van der Waals surface area contributed by atoms with Gasteiger partial charge in [0, 0.05) is 30.9 Å². The maximum absolute atomic E-state index is 13.5. The van der Waals surface area contributed by atoms with Gasteiger partial charge in [0.25, 0.3) is 23.9 Å². The van der Waals surface area contributed by atoms with Gasteiger partial charge in [-0.2, -0.15) is 13.5 Å². The summed E-state index contributed by atoms with van der Waals surface area (Å²) >= 11 is 0.963. The van der Waals surface area contributed by atoms with Crippen LogP contribution >= 0.6 is 11.3 Å². The van der Waals surface area contributed by atoms with Gasteiger partial charge in [-0.15, -0.1) is 15.6 Å². The number of oxime groups is 1. The van der Waals surface area contributed by atoms with E-state index in [-0.39, 0.29) is 42.7 Å². The number of nitrogen functional groups attached to an aromatic ring is 1.